The zero-order valence-electron chi connectivity index (χ0n) is 9.32. The summed E-state index contributed by atoms with van der Waals surface area (Å²) in [7, 11) is 0. The summed E-state index contributed by atoms with van der Waals surface area (Å²) < 4.78 is 0. The summed E-state index contributed by atoms with van der Waals surface area (Å²) in [4.78, 5) is 4.18. The van der Waals surface area contributed by atoms with Gasteiger partial charge in [-0.2, -0.15) is 0 Å². The first-order chi connectivity index (χ1) is 8.06. The van der Waals surface area contributed by atoms with Crippen LogP contribution >= 0.6 is 23.2 Å². The number of nitrogens with two attached hydrogens (primary N) is 1. The molecule has 0 spiro atoms. The van der Waals surface area contributed by atoms with Crippen LogP contribution in [0.2, 0.25) is 10.0 Å². The molecular formula is C13H12Cl2N2. The summed E-state index contributed by atoms with van der Waals surface area (Å²) in [5, 5.41) is 1.22. The van der Waals surface area contributed by atoms with Crippen molar-refractivity contribution < 1.29 is 0 Å². The molecule has 0 aliphatic rings. The fourth-order valence-electron chi connectivity index (χ4n) is 1.59. The van der Waals surface area contributed by atoms with Crippen LogP contribution in [0.1, 0.15) is 18.5 Å². The fourth-order valence-corrected chi connectivity index (χ4v) is 2.11. The average molecular weight is 267 g/mol. The molecule has 1 atom stereocenters. The highest BCUT2D eigenvalue weighted by atomic mass is 35.5. The third kappa shape index (κ3) is 2.97. The van der Waals surface area contributed by atoms with Gasteiger partial charge in [-0.1, -0.05) is 23.2 Å². The number of aromatic nitrogens is 1. The molecule has 1 aromatic heterocycles. The molecule has 0 aliphatic heterocycles. The van der Waals surface area contributed by atoms with Gasteiger partial charge in [0, 0.05) is 34.0 Å². The van der Waals surface area contributed by atoms with Gasteiger partial charge < -0.3 is 5.73 Å². The van der Waals surface area contributed by atoms with Crippen LogP contribution in [-0.4, -0.2) is 4.98 Å². The molecule has 0 radical (unpaired) electrons. The van der Waals surface area contributed by atoms with Gasteiger partial charge in [0.2, 0.25) is 0 Å². The van der Waals surface area contributed by atoms with Crippen molar-refractivity contribution in [2.24, 2.45) is 5.73 Å². The first-order valence-corrected chi connectivity index (χ1v) is 5.99. The maximum absolute atomic E-state index is 5.97. The smallest absolute Gasteiger partial charge is 0.0426 e. The zero-order valence-corrected chi connectivity index (χ0v) is 10.8. The lowest BCUT2D eigenvalue weighted by atomic mass is 10.0. The van der Waals surface area contributed by atoms with E-state index in [4.69, 9.17) is 28.9 Å². The summed E-state index contributed by atoms with van der Waals surface area (Å²) in [6.07, 6.45) is 3.54. The van der Waals surface area contributed by atoms with E-state index in [0.717, 1.165) is 16.7 Å². The molecule has 2 nitrogen and oxygen atoms in total. The summed E-state index contributed by atoms with van der Waals surface area (Å²) >= 11 is 11.9. The summed E-state index contributed by atoms with van der Waals surface area (Å²) in [6.45, 7) is 1.92. The van der Waals surface area contributed by atoms with Crippen molar-refractivity contribution in [3.63, 3.8) is 0 Å². The molecule has 0 aliphatic carbocycles. The predicted molar refractivity (Wildman–Crippen MR) is 72.3 cm³/mol. The highest BCUT2D eigenvalue weighted by Crippen LogP contribution is 2.27. The van der Waals surface area contributed by atoms with Gasteiger partial charge in [0.1, 0.15) is 0 Å². The lowest BCUT2D eigenvalue weighted by Gasteiger charge is -2.08. The standard InChI is InChI=1S/C13H12Cl2N2/c1-8(16)10-2-11(7-17-6-10)9-3-12(14)5-13(15)4-9/h2-8H,16H2,1H3. The van der Waals surface area contributed by atoms with Crippen molar-refractivity contribution in [2.75, 3.05) is 0 Å². The fraction of sp³-hybridized carbons (Fsp3) is 0.154. The van der Waals surface area contributed by atoms with E-state index in [2.05, 4.69) is 4.98 Å². The molecule has 0 fully saturated rings. The Balaban J connectivity index is 2.49. The van der Waals surface area contributed by atoms with Crippen molar-refractivity contribution in [3.05, 3.63) is 52.3 Å². The van der Waals surface area contributed by atoms with Gasteiger partial charge in [-0.3, -0.25) is 4.98 Å². The van der Waals surface area contributed by atoms with Gasteiger partial charge in [-0.25, -0.2) is 0 Å². The minimum absolute atomic E-state index is 0.0443. The largest absolute Gasteiger partial charge is 0.324 e. The monoisotopic (exact) mass is 266 g/mol. The van der Waals surface area contributed by atoms with E-state index >= 15 is 0 Å². The van der Waals surface area contributed by atoms with Gasteiger partial charge in [-0.15, -0.1) is 0 Å². The molecule has 0 bridgehead atoms. The third-order valence-corrected chi connectivity index (χ3v) is 2.92. The van der Waals surface area contributed by atoms with Crippen molar-refractivity contribution in [2.45, 2.75) is 13.0 Å². The van der Waals surface area contributed by atoms with Gasteiger partial charge >= 0.3 is 0 Å². The van der Waals surface area contributed by atoms with Crippen LogP contribution in [0, 0.1) is 0 Å². The SMILES string of the molecule is CC(N)c1cncc(-c2cc(Cl)cc(Cl)c2)c1. The van der Waals surface area contributed by atoms with E-state index < -0.39 is 0 Å². The Morgan fingerprint density at radius 2 is 1.65 bits per heavy atom. The number of halogens is 2. The third-order valence-electron chi connectivity index (χ3n) is 2.48. The highest BCUT2D eigenvalue weighted by Gasteiger charge is 2.05. The second-order valence-electron chi connectivity index (χ2n) is 3.95. The van der Waals surface area contributed by atoms with Crippen molar-refractivity contribution in [3.8, 4) is 11.1 Å². The van der Waals surface area contributed by atoms with Gasteiger partial charge in [0.15, 0.2) is 0 Å². The lowest BCUT2D eigenvalue weighted by molar-refractivity contribution is 0.812. The van der Waals surface area contributed by atoms with Gasteiger partial charge in [0.05, 0.1) is 0 Å². The van der Waals surface area contributed by atoms with E-state index in [1.807, 2.05) is 25.1 Å². The Hall–Kier alpha value is -1.09. The Kier molecular flexibility index (Phi) is 3.67. The second kappa shape index (κ2) is 5.05. The Morgan fingerprint density at radius 1 is 1.00 bits per heavy atom. The minimum Gasteiger partial charge on any atom is -0.324 e. The summed E-state index contributed by atoms with van der Waals surface area (Å²) in [6, 6.07) is 7.37. The van der Waals surface area contributed by atoms with Crippen LogP contribution in [0.15, 0.2) is 36.7 Å². The lowest BCUT2D eigenvalue weighted by Crippen LogP contribution is -2.05. The van der Waals surface area contributed by atoms with Crippen molar-refractivity contribution >= 4 is 23.2 Å². The molecule has 1 heterocycles. The molecule has 2 rings (SSSR count). The number of rotatable bonds is 2. The van der Waals surface area contributed by atoms with E-state index in [9.17, 15) is 0 Å². The predicted octanol–water partition coefficient (Wildman–Crippen LogP) is 4.08. The molecule has 0 saturated heterocycles. The van der Waals surface area contributed by atoms with Crippen LogP contribution in [0.3, 0.4) is 0 Å². The molecule has 2 aromatic rings. The highest BCUT2D eigenvalue weighted by molar-refractivity contribution is 6.35. The first kappa shape index (κ1) is 12.4. The topological polar surface area (TPSA) is 38.9 Å². The molecular weight excluding hydrogens is 255 g/mol. The molecule has 0 saturated carbocycles. The maximum atomic E-state index is 5.97. The van der Waals surface area contributed by atoms with Crippen LogP contribution in [0.25, 0.3) is 11.1 Å². The summed E-state index contributed by atoms with van der Waals surface area (Å²) in [5.74, 6) is 0. The van der Waals surface area contributed by atoms with E-state index in [1.54, 1.807) is 18.5 Å². The number of hydrogen-bond acceptors (Lipinski definition) is 2. The minimum atomic E-state index is -0.0443. The Labute approximate surface area is 110 Å². The van der Waals surface area contributed by atoms with Crippen LogP contribution in [0.4, 0.5) is 0 Å². The van der Waals surface area contributed by atoms with Crippen molar-refractivity contribution in [1.82, 2.24) is 4.98 Å². The molecule has 0 amide bonds. The number of nitrogens with zero attached hydrogens (tertiary/aromatic N) is 1. The molecule has 1 aromatic carbocycles. The number of hydrogen-bond donors (Lipinski definition) is 1. The zero-order chi connectivity index (χ0) is 12.4. The van der Waals surface area contributed by atoms with Gasteiger partial charge in [-0.05, 0) is 42.3 Å². The Bertz CT molecular complexity index is 518. The number of pyridine rings is 1. The van der Waals surface area contributed by atoms with Crippen LogP contribution in [-0.2, 0) is 0 Å². The molecule has 2 N–H and O–H groups in total. The average Bonchev–Trinajstić information content (AvgIpc) is 2.28. The molecule has 1 unspecified atom stereocenters. The number of benzene rings is 1. The van der Waals surface area contributed by atoms with Crippen LogP contribution < -0.4 is 5.73 Å². The summed E-state index contributed by atoms with van der Waals surface area (Å²) in [5.41, 5.74) is 8.72. The van der Waals surface area contributed by atoms with E-state index in [-0.39, 0.29) is 6.04 Å². The van der Waals surface area contributed by atoms with Gasteiger partial charge in [0.25, 0.3) is 0 Å². The molecule has 4 heteroatoms. The second-order valence-corrected chi connectivity index (χ2v) is 4.83. The van der Waals surface area contributed by atoms with E-state index in [0.29, 0.717) is 10.0 Å². The van der Waals surface area contributed by atoms with Crippen molar-refractivity contribution in [1.29, 1.82) is 0 Å². The first-order valence-electron chi connectivity index (χ1n) is 5.23. The normalized spacial score (nSPS) is 12.5. The molecule has 88 valence electrons. The quantitative estimate of drug-likeness (QED) is 0.890. The molecule has 17 heavy (non-hydrogen) atoms. The van der Waals surface area contributed by atoms with Crippen LogP contribution in [0.5, 0.6) is 0 Å². The van der Waals surface area contributed by atoms with E-state index in [1.165, 1.54) is 0 Å². The Morgan fingerprint density at radius 3 is 2.24 bits per heavy atom. The maximum Gasteiger partial charge on any atom is 0.0426 e.